The van der Waals surface area contributed by atoms with Crippen LogP contribution in [0.5, 0.6) is 0 Å². The fraction of sp³-hybridized carbons (Fsp3) is 0.278. The van der Waals surface area contributed by atoms with Crippen molar-refractivity contribution in [1.29, 1.82) is 0 Å². The Bertz CT molecular complexity index is 899. The van der Waals surface area contributed by atoms with Gasteiger partial charge in [-0.15, -0.1) is 0 Å². The molecule has 0 N–H and O–H groups in total. The van der Waals surface area contributed by atoms with Crippen LogP contribution in [0.2, 0.25) is 0 Å². The van der Waals surface area contributed by atoms with E-state index < -0.39 is 17.8 Å². The molecule has 1 aliphatic heterocycles. The number of fused-ring (bicyclic) bond motifs is 1. The fourth-order valence-corrected chi connectivity index (χ4v) is 2.68. The Morgan fingerprint density at radius 2 is 1.65 bits per heavy atom. The van der Waals surface area contributed by atoms with Gasteiger partial charge in [-0.05, 0) is 24.6 Å². The molecule has 0 saturated heterocycles. The van der Waals surface area contributed by atoms with E-state index in [9.17, 15) is 19.2 Å². The van der Waals surface area contributed by atoms with Gasteiger partial charge in [0.15, 0.2) is 5.69 Å². The number of aromatic nitrogens is 2. The van der Waals surface area contributed by atoms with Gasteiger partial charge in [0.1, 0.15) is 6.61 Å². The van der Waals surface area contributed by atoms with E-state index in [0.717, 1.165) is 4.90 Å². The van der Waals surface area contributed by atoms with Crippen molar-refractivity contribution in [3.63, 3.8) is 0 Å². The highest BCUT2D eigenvalue weighted by atomic mass is 16.5. The second-order valence-corrected chi connectivity index (χ2v) is 5.72. The average Bonchev–Trinajstić information content (AvgIpc) is 2.89. The van der Waals surface area contributed by atoms with Crippen LogP contribution in [0, 0.1) is 0 Å². The molecule has 0 radical (unpaired) electrons. The first-order chi connectivity index (χ1) is 12.5. The summed E-state index contributed by atoms with van der Waals surface area (Å²) in [6, 6.07) is 9.09. The van der Waals surface area contributed by atoms with Crippen LogP contribution in [0.1, 0.15) is 44.5 Å². The van der Waals surface area contributed by atoms with E-state index in [0.29, 0.717) is 24.1 Å². The number of amides is 2. The number of benzene rings is 1. The third-order valence-electron chi connectivity index (χ3n) is 3.94. The smallest absolute Gasteiger partial charge is 0.358 e. The van der Waals surface area contributed by atoms with E-state index >= 15 is 0 Å². The van der Waals surface area contributed by atoms with Gasteiger partial charge < -0.3 is 4.74 Å². The summed E-state index contributed by atoms with van der Waals surface area (Å²) in [5.41, 5.74) is 0.393. The van der Waals surface area contributed by atoms with Gasteiger partial charge in [0.05, 0.1) is 17.7 Å². The Labute approximate surface area is 149 Å². The molecule has 1 aromatic heterocycles. The molecule has 0 unspecified atom stereocenters. The van der Waals surface area contributed by atoms with Crippen LogP contribution in [0.4, 0.5) is 0 Å². The summed E-state index contributed by atoms with van der Waals surface area (Å²) in [5, 5.41) is 3.96. The molecule has 8 heteroatoms. The zero-order valence-corrected chi connectivity index (χ0v) is 14.2. The molecule has 2 heterocycles. The molecule has 0 saturated carbocycles. The van der Waals surface area contributed by atoms with Crippen molar-refractivity contribution < 1.29 is 19.1 Å². The van der Waals surface area contributed by atoms with Crippen molar-refractivity contribution >= 4 is 17.8 Å². The number of hydrogen-bond donors (Lipinski definition) is 0. The van der Waals surface area contributed by atoms with Crippen molar-refractivity contribution in [2.45, 2.75) is 19.9 Å². The van der Waals surface area contributed by atoms with E-state index in [-0.39, 0.29) is 24.4 Å². The van der Waals surface area contributed by atoms with Crippen LogP contribution in [-0.2, 0) is 11.3 Å². The van der Waals surface area contributed by atoms with Crippen molar-refractivity contribution in [2.75, 3.05) is 13.2 Å². The summed E-state index contributed by atoms with van der Waals surface area (Å²) in [4.78, 5) is 49.2. The SMILES string of the molecule is CCCn1nc(C(=O)OCCN2C(=O)c3ccccc3C2=O)ccc1=O. The van der Waals surface area contributed by atoms with Gasteiger partial charge in [-0.2, -0.15) is 5.10 Å². The van der Waals surface area contributed by atoms with Crippen molar-refractivity contribution in [2.24, 2.45) is 0 Å². The molecule has 0 spiro atoms. The third kappa shape index (κ3) is 3.26. The van der Waals surface area contributed by atoms with Gasteiger partial charge in [-0.3, -0.25) is 19.3 Å². The van der Waals surface area contributed by atoms with Crippen molar-refractivity contribution in [3.8, 4) is 0 Å². The molecule has 8 nitrogen and oxygen atoms in total. The average molecular weight is 355 g/mol. The minimum Gasteiger partial charge on any atom is -0.459 e. The minimum atomic E-state index is -0.716. The Morgan fingerprint density at radius 3 is 2.27 bits per heavy atom. The summed E-state index contributed by atoms with van der Waals surface area (Å²) in [7, 11) is 0. The van der Waals surface area contributed by atoms with Gasteiger partial charge in [-0.25, -0.2) is 9.48 Å². The maximum absolute atomic E-state index is 12.2. The first kappa shape index (κ1) is 17.5. The summed E-state index contributed by atoms with van der Waals surface area (Å²) in [5.74, 6) is -1.53. The van der Waals surface area contributed by atoms with Crippen LogP contribution in [0.15, 0.2) is 41.2 Å². The first-order valence-corrected chi connectivity index (χ1v) is 8.23. The van der Waals surface area contributed by atoms with E-state index in [2.05, 4.69) is 5.10 Å². The summed E-state index contributed by atoms with van der Waals surface area (Å²) < 4.78 is 6.29. The molecule has 1 aliphatic rings. The van der Waals surface area contributed by atoms with Crippen LogP contribution in [0.25, 0.3) is 0 Å². The summed E-state index contributed by atoms with van der Waals surface area (Å²) in [6.07, 6.45) is 0.700. The zero-order valence-electron chi connectivity index (χ0n) is 14.2. The predicted molar refractivity (Wildman–Crippen MR) is 90.9 cm³/mol. The molecule has 2 aromatic rings. The van der Waals surface area contributed by atoms with Crippen molar-refractivity contribution in [1.82, 2.24) is 14.7 Å². The highest BCUT2D eigenvalue weighted by molar-refractivity contribution is 6.21. The number of imide groups is 1. The second kappa shape index (κ2) is 7.30. The summed E-state index contributed by atoms with van der Waals surface area (Å²) >= 11 is 0. The maximum Gasteiger partial charge on any atom is 0.358 e. The lowest BCUT2D eigenvalue weighted by atomic mass is 10.1. The van der Waals surface area contributed by atoms with E-state index in [1.54, 1.807) is 24.3 Å². The number of nitrogens with zero attached hydrogens (tertiary/aromatic N) is 3. The van der Waals surface area contributed by atoms with Crippen LogP contribution >= 0.6 is 0 Å². The molecule has 0 aliphatic carbocycles. The standard InChI is InChI=1S/C18H17N3O5/c1-2-9-21-15(22)8-7-14(19-21)18(25)26-11-10-20-16(23)12-5-3-4-6-13(12)17(20)24/h3-8H,2,9-11H2,1H3. The number of carbonyl (C=O) groups excluding carboxylic acids is 3. The normalized spacial score (nSPS) is 13.0. The van der Waals surface area contributed by atoms with Gasteiger partial charge in [0, 0.05) is 12.6 Å². The second-order valence-electron chi connectivity index (χ2n) is 5.72. The first-order valence-electron chi connectivity index (χ1n) is 8.23. The molecule has 2 amide bonds. The third-order valence-corrected chi connectivity index (χ3v) is 3.94. The molecule has 1 aromatic carbocycles. The van der Waals surface area contributed by atoms with Crippen LogP contribution in [0.3, 0.4) is 0 Å². The molecule has 0 bridgehead atoms. The minimum absolute atomic E-state index is 0.000381. The summed E-state index contributed by atoms with van der Waals surface area (Å²) in [6.45, 7) is 2.09. The van der Waals surface area contributed by atoms with E-state index in [1.807, 2.05) is 6.92 Å². The number of hydrogen-bond acceptors (Lipinski definition) is 6. The Hall–Kier alpha value is -3.29. The lowest BCUT2D eigenvalue weighted by molar-refractivity contribution is 0.0413. The molecular weight excluding hydrogens is 338 g/mol. The number of aryl methyl sites for hydroxylation is 1. The largest absolute Gasteiger partial charge is 0.459 e. The Balaban J connectivity index is 1.61. The van der Waals surface area contributed by atoms with Crippen molar-refractivity contribution in [3.05, 3.63) is 63.6 Å². The lowest BCUT2D eigenvalue weighted by Crippen LogP contribution is -2.33. The lowest BCUT2D eigenvalue weighted by Gasteiger charge is -2.13. The highest BCUT2D eigenvalue weighted by Gasteiger charge is 2.34. The molecule has 0 atom stereocenters. The van der Waals surface area contributed by atoms with Gasteiger partial charge in [0.2, 0.25) is 0 Å². The molecule has 26 heavy (non-hydrogen) atoms. The van der Waals surface area contributed by atoms with Gasteiger partial charge in [0.25, 0.3) is 17.4 Å². The van der Waals surface area contributed by atoms with Crippen LogP contribution < -0.4 is 5.56 Å². The molecule has 3 rings (SSSR count). The Morgan fingerprint density at radius 1 is 1.00 bits per heavy atom. The van der Waals surface area contributed by atoms with E-state index in [1.165, 1.54) is 16.8 Å². The fourth-order valence-electron chi connectivity index (χ4n) is 2.68. The Kier molecular flexibility index (Phi) is 4.92. The zero-order chi connectivity index (χ0) is 18.7. The maximum atomic E-state index is 12.2. The highest BCUT2D eigenvalue weighted by Crippen LogP contribution is 2.21. The van der Waals surface area contributed by atoms with E-state index in [4.69, 9.17) is 4.74 Å². The number of ether oxygens (including phenoxy) is 1. The number of esters is 1. The van der Waals surface area contributed by atoms with Crippen LogP contribution in [-0.4, -0.2) is 45.6 Å². The predicted octanol–water partition coefficient (Wildman–Crippen LogP) is 1.11. The molecule has 0 fully saturated rings. The number of rotatable bonds is 6. The van der Waals surface area contributed by atoms with Gasteiger partial charge in [-0.1, -0.05) is 19.1 Å². The quantitative estimate of drug-likeness (QED) is 0.568. The molecule has 134 valence electrons. The monoisotopic (exact) mass is 355 g/mol. The molecular formula is C18H17N3O5. The van der Waals surface area contributed by atoms with Gasteiger partial charge >= 0.3 is 5.97 Å². The number of carbonyl (C=O) groups is 3. The topological polar surface area (TPSA) is 98.6 Å².